The molecule has 1 heterocycles. The lowest BCUT2D eigenvalue weighted by molar-refractivity contribution is -0.120. The van der Waals surface area contributed by atoms with Crippen molar-refractivity contribution in [3.05, 3.63) is 59.9 Å². The largest absolute Gasteiger partial charge is 0.398 e. The molecule has 1 atom stereocenters. The van der Waals surface area contributed by atoms with Gasteiger partial charge < -0.3 is 5.73 Å². The van der Waals surface area contributed by atoms with Gasteiger partial charge in [-0.05, 0) is 38.3 Å². The third-order valence-electron chi connectivity index (χ3n) is 3.56. The number of anilines is 1. The number of hydrogen-bond donors (Lipinski definition) is 1. The molecule has 0 fully saturated rings. The Morgan fingerprint density at radius 2 is 1.79 bits per heavy atom. The number of pyridine rings is 1. The van der Waals surface area contributed by atoms with Crippen LogP contribution < -0.4 is 5.73 Å². The summed E-state index contributed by atoms with van der Waals surface area (Å²) in [6.45, 7) is 9.81. The van der Waals surface area contributed by atoms with Crippen LogP contribution in [0.4, 0.5) is 5.69 Å². The minimum atomic E-state index is 0.0847. The lowest BCUT2D eigenvalue weighted by atomic mass is 9.92. The SMILES string of the molecule is CC.CCCC(Cc1cnccc1N)C(C)=O.Cc1ccccc1. The summed E-state index contributed by atoms with van der Waals surface area (Å²) < 4.78 is 0. The Labute approximate surface area is 147 Å². The summed E-state index contributed by atoms with van der Waals surface area (Å²) in [7, 11) is 0. The van der Waals surface area contributed by atoms with Crippen molar-refractivity contribution in [3.63, 3.8) is 0 Å². The predicted octanol–water partition coefficient (Wildman–Crippen LogP) is 5.23. The van der Waals surface area contributed by atoms with Gasteiger partial charge in [0.15, 0.2) is 0 Å². The van der Waals surface area contributed by atoms with Crippen LogP contribution in [0.1, 0.15) is 51.7 Å². The lowest BCUT2D eigenvalue weighted by Gasteiger charge is -2.13. The number of aryl methyl sites for hydroxylation is 1. The Hall–Kier alpha value is -2.16. The lowest BCUT2D eigenvalue weighted by Crippen LogP contribution is -2.14. The van der Waals surface area contributed by atoms with E-state index in [1.807, 2.05) is 32.0 Å². The number of ketones is 1. The second-order valence-electron chi connectivity index (χ2n) is 5.53. The van der Waals surface area contributed by atoms with Gasteiger partial charge in [-0.1, -0.05) is 63.1 Å². The van der Waals surface area contributed by atoms with Crippen LogP contribution in [-0.2, 0) is 11.2 Å². The van der Waals surface area contributed by atoms with Crippen LogP contribution >= 0.6 is 0 Å². The van der Waals surface area contributed by atoms with Crippen LogP contribution in [0.25, 0.3) is 0 Å². The summed E-state index contributed by atoms with van der Waals surface area (Å²) in [4.78, 5) is 15.4. The first kappa shape index (κ1) is 21.8. The molecule has 3 nitrogen and oxygen atoms in total. The highest BCUT2D eigenvalue weighted by Crippen LogP contribution is 2.18. The van der Waals surface area contributed by atoms with Gasteiger partial charge in [0.2, 0.25) is 0 Å². The average Bonchev–Trinajstić information content (AvgIpc) is 2.59. The van der Waals surface area contributed by atoms with Crippen molar-refractivity contribution < 1.29 is 4.79 Å². The van der Waals surface area contributed by atoms with E-state index in [1.165, 1.54) is 5.56 Å². The van der Waals surface area contributed by atoms with Gasteiger partial charge in [0.1, 0.15) is 5.78 Å². The first-order chi connectivity index (χ1) is 11.5. The number of nitrogens with zero attached hydrogens (tertiary/aromatic N) is 1. The molecule has 0 saturated heterocycles. The van der Waals surface area contributed by atoms with E-state index in [2.05, 4.69) is 31.0 Å². The molecule has 3 heteroatoms. The number of carbonyl (C=O) groups is 1. The first-order valence-electron chi connectivity index (χ1n) is 8.75. The van der Waals surface area contributed by atoms with Crippen molar-refractivity contribution >= 4 is 11.5 Å². The van der Waals surface area contributed by atoms with Crippen molar-refractivity contribution in [2.45, 2.75) is 53.9 Å². The second-order valence-corrected chi connectivity index (χ2v) is 5.53. The molecule has 0 aliphatic rings. The molecule has 132 valence electrons. The smallest absolute Gasteiger partial charge is 0.133 e. The summed E-state index contributed by atoms with van der Waals surface area (Å²) in [5.41, 5.74) is 8.84. The zero-order valence-electron chi connectivity index (χ0n) is 15.8. The van der Waals surface area contributed by atoms with E-state index < -0.39 is 0 Å². The van der Waals surface area contributed by atoms with Crippen LogP contribution in [0.3, 0.4) is 0 Å². The van der Waals surface area contributed by atoms with Crippen LogP contribution in [-0.4, -0.2) is 10.8 Å². The van der Waals surface area contributed by atoms with E-state index in [0.29, 0.717) is 6.42 Å². The number of rotatable bonds is 5. The average molecular weight is 328 g/mol. The number of nitrogens with two attached hydrogens (primary N) is 1. The second kappa shape index (κ2) is 13.3. The van der Waals surface area contributed by atoms with E-state index in [9.17, 15) is 4.79 Å². The molecule has 2 rings (SSSR count). The fourth-order valence-corrected chi connectivity index (χ4v) is 2.21. The maximum absolute atomic E-state index is 11.4. The fraction of sp³-hybridized carbons (Fsp3) is 0.429. The molecule has 0 amide bonds. The van der Waals surface area contributed by atoms with Gasteiger partial charge in [-0.25, -0.2) is 0 Å². The van der Waals surface area contributed by atoms with Gasteiger partial charge in [-0.15, -0.1) is 0 Å². The molecular weight excluding hydrogens is 296 g/mol. The maximum Gasteiger partial charge on any atom is 0.133 e. The third-order valence-corrected chi connectivity index (χ3v) is 3.56. The predicted molar refractivity (Wildman–Crippen MR) is 104 cm³/mol. The zero-order valence-corrected chi connectivity index (χ0v) is 15.8. The van der Waals surface area contributed by atoms with E-state index in [4.69, 9.17) is 5.73 Å². The van der Waals surface area contributed by atoms with Crippen molar-refractivity contribution in [1.82, 2.24) is 4.98 Å². The Morgan fingerprint density at radius 3 is 2.21 bits per heavy atom. The van der Waals surface area contributed by atoms with E-state index in [0.717, 1.165) is 24.1 Å². The van der Waals surface area contributed by atoms with Gasteiger partial charge >= 0.3 is 0 Å². The Bertz CT molecular complexity index is 567. The highest BCUT2D eigenvalue weighted by molar-refractivity contribution is 5.78. The zero-order chi connectivity index (χ0) is 18.4. The maximum atomic E-state index is 11.4. The molecule has 2 N–H and O–H groups in total. The van der Waals surface area contributed by atoms with Gasteiger partial charge in [0.05, 0.1) is 0 Å². The van der Waals surface area contributed by atoms with Gasteiger partial charge in [0.25, 0.3) is 0 Å². The number of aromatic nitrogens is 1. The van der Waals surface area contributed by atoms with Crippen LogP contribution in [0.5, 0.6) is 0 Å². The number of hydrogen-bond acceptors (Lipinski definition) is 3. The normalized spacial score (nSPS) is 10.5. The molecule has 0 radical (unpaired) electrons. The van der Waals surface area contributed by atoms with E-state index in [-0.39, 0.29) is 11.7 Å². The van der Waals surface area contributed by atoms with Crippen LogP contribution in [0.15, 0.2) is 48.8 Å². The topological polar surface area (TPSA) is 56.0 Å². The molecule has 0 bridgehead atoms. The number of Topliss-reactive ketones (excluding diaryl/α,β-unsaturated/α-hetero) is 1. The highest BCUT2D eigenvalue weighted by atomic mass is 16.1. The van der Waals surface area contributed by atoms with E-state index >= 15 is 0 Å². The Kier molecular flexibility index (Phi) is 12.1. The summed E-state index contributed by atoms with van der Waals surface area (Å²) in [5.74, 6) is 0.321. The number of carbonyl (C=O) groups excluding carboxylic acids is 1. The fourth-order valence-electron chi connectivity index (χ4n) is 2.21. The first-order valence-corrected chi connectivity index (χ1v) is 8.75. The van der Waals surface area contributed by atoms with Gasteiger partial charge in [-0.2, -0.15) is 0 Å². The molecule has 1 unspecified atom stereocenters. The molecular formula is C21H32N2O. The molecule has 2 aromatic rings. The number of benzene rings is 1. The summed E-state index contributed by atoms with van der Waals surface area (Å²) in [6, 6.07) is 12.0. The Balaban J connectivity index is 0.000000488. The highest BCUT2D eigenvalue weighted by Gasteiger charge is 2.15. The quantitative estimate of drug-likeness (QED) is 0.817. The van der Waals surface area contributed by atoms with Crippen molar-refractivity contribution in [3.8, 4) is 0 Å². The molecule has 24 heavy (non-hydrogen) atoms. The molecule has 0 aliphatic carbocycles. The third kappa shape index (κ3) is 9.09. The molecule has 0 aliphatic heterocycles. The van der Waals surface area contributed by atoms with Crippen molar-refractivity contribution in [2.24, 2.45) is 5.92 Å². The molecule has 0 spiro atoms. The minimum Gasteiger partial charge on any atom is -0.398 e. The Morgan fingerprint density at radius 1 is 1.17 bits per heavy atom. The van der Waals surface area contributed by atoms with Gasteiger partial charge in [-0.3, -0.25) is 9.78 Å². The van der Waals surface area contributed by atoms with Crippen molar-refractivity contribution in [2.75, 3.05) is 5.73 Å². The number of nitrogen functional groups attached to an aromatic ring is 1. The van der Waals surface area contributed by atoms with E-state index in [1.54, 1.807) is 25.4 Å². The van der Waals surface area contributed by atoms with Crippen LogP contribution in [0, 0.1) is 12.8 Å². The summed E-state index contributed by atoms with van der Waals surface area (Å²) in [6.07, 6.45) is 6.07. The molecule has 1 aromatic heterocycles. The minimum absolute atomic E-state index is 0.0847. The van der Waals surface area contributed by atoms with Gasteiger partial charge in [0, 0.05) is 24.0 Å². The summed E-state index contributed by atoms with van der Waals surface area (Å²) in [5, 5.41) is 0. The van der Waals surface area contributed by atoms with Crippen molar-refractivity contribution in [1.29, 1.82) is 0 Å². The molecule has 0 saturated carbocycles. The monoisotopic (exact) mass is 328 g/mol. The van der Waals surface area contributed by atoms with Crippen LogP contribution in [0.2, 0.25) is 0 Å². The molecule has 1 aromatic carbocycles. The summed E-state index contributed by atoms with van der Waals surface area (Å²) >= 11 is 0. The standard InChI is InChI=1S/C12H18N2O.C7H8.C2H6/c1-3-4-10(9(2)15)7-11-8-14-6-5-12(11)13;1-7-5-3-2-4-6-7;1-2/h5-6,8,10H,3-4,7H2,1-2H3,(H2,13,14);2-6H,1H3;1-2H3.